The Hall–Kier alpha value is -2.11. The summed E-state index contributed by atoms with van der Waals surface area (Å²) >= 11 is 7.69. The zero-order valence-corrected chi connectivity index (χ0v) is 12.8. The van der Waals surface area contributed by atoms with Crippen LogP contribution in [0.4, 0.5) is 11.4 Å². The standard InChI is InChI=1S/C15H12ClN3OS/c1-8-9(3-2-4-11(8)17)15(20)19-13-10(16)5-6-12-14(13)18-7-21-12/h2-7H,17H2,1H3,(H,19,20). The van der Waals surface area contributed by atoms with Crippen molar-refractivity contribution in [1.82, 2.24) is 4.98 Å². The molecule has 106 valence electrons. The topological polar surface area (TPSA) is 68.0 Å². The number of aromatic nitrogens is 1. The van der Waals surface area contributed by atoms with Crippen molar-refractivity contribution in [2.45, 2.75) is 6.92 Å². The van der Waals surface area contributed by atoms with Crippen molar-refractivity contribution in [1.29, 1.82) is 0 Å². The third-order valence-corrected chi connectivity index (χ3v) is 4.42. The van der Waals surface area contributed by atoms with Crippen molar-refractivity contribution in [3.63, 3.8) is 0 Å². The van der Waals surface area contributed by atoms with E-state index >= 15 is 0 Å². The molecule has 0 atom stereocenters. The van der Waals surface area contributed by atoms with Crippen molar-refractivity contribution in [2.75, 3.05) is 11.1 Å². The van der Waals surface area contributed by atoms with Gasteiger partial charge in [0.1, 0.15) is 5.52 Å². The normalized spacial score (nSPS) is 10.8. The molecule has 0 aliphatic carbocycles. The lowest BCUT2D eigenvalue weighted by Gasteiger charge is -2.11. The van der Waals surface area contributed by atoms with Gasteiger partial charge in [-0.3, -0.25) is 4.79 Å². The Kier molecular flexibility index (Phi) is 3.53. The Morgan fingerprint density at radius 2 is 2.14 bits per heavy atom. The highest BCUT2D eigenvalue weighted by Crippen LogP contribution is 2.32. The number of nitrogen functional groups attached to an aromatic ring is 1. The van der Waals surface area contributed by atoms with Crippen LogP contribution >= 0.6 is 22.9 Å². The molecule has 2 aromatic carbocycles. The van der Waals surface area contributed by atoms with Crippen molar-refractivity contribution >= 4 is 50.4 Å². The van der Waals surface area contributed by atoms with Crippen LogP contribution in [0.5, 0.6) is 0 Å². The first-order valence-corrected chi connectivity index (χ1v) is 7.52. The van der Waals surface area contributed by atoms with Gasteiger partial charge in [-0.1, -0.05) is 17.7 Å². The Morgan fingerprint density at radius 3 is 2.95 bits per heavy atom. The van der Waals surface area contributed by atoms with Crippen molar-refractivity contribution in [2.24, 2.45) is 0 Å². The fourth-order valence-electron chi connectivity index (χ4n) is 2.11. The predicted molar refractivity (Wildman–Crippen MR) is 88.2 cm³/mol. The largest absolute Gasteiger partial charge is 0.398 e. The van der Waals surface area contributed by atoms with Crippen LogP contribution in [-0.2, 0) is 0 Å². The molecular formula is C15H12ClN3OS. The van der Waals surface area contributed by atoms with Crippen molar-refractivity contribution < 1.29 is 4.79 Å². The summed E-state index contributed by atoms with van der Waals surface area (Å²) in [5.41, 5.74) is 10.6. The number of nitrogens with two attached hydrogens (primary N) is 1. The van der Waals surface area contributed by atoms with Crippen LogP contribution in [0.2, 0.25) is 5.02 Å². The number of thiazole rings is 1. The summed E-state index contributed by atoms with van der Waals surface area (Å²) in [4.78, 5) is 16.7. The Labute approximate surface area is 130 Å². The van der Waals surface area contributed by atoms with E-state index in [2.05, 4.69) is 10.3 Å². The minimum absolute atomic E-state index is 0.248. The van der Waals surface area contributed by atoms with E-state index < -0.39 is 0 Å². The van der Waals surface area contributed by atoms with Crippen molar-refractivity contribution in [3.8, 4) is 0 Å². The monoisotopic (exact) mass is 317 g/mol. The molecule has 3 N–H and O–H groups in total. The molecule has 0 unspecified atom stereocenters. The zero-order chi connectivity index (χ0) is 15.0. The van der Waals surface area contributed by atoms with Crippen LogP contribution in [0.15, 0.2) is 35.8 Å². The maximum Gasteiger partial charge on any atom is 0.256 e. The Bertz CT molecular complexity index is 844. The molecule has 0 aliphatic heterocycles. The number of halogens is 1. The van der Waals surface area contributed by atoms with E-state index in [1.165, 1.54) is 11.3 Å². The number of carbonyl (C=O) groups excluding carboxylic acids is 1. The summed E-state index contributed by atoms with van der Waals surface area (Å²) in [7, 11) is 0. The predicted octanol–water partition coefficient (Wildman–Crippen LogP) is 4.09. The first-order chi connectivity index (χ1) is 10.1. The van der Waals surface area contributed by atoms with Gasteiger partial charge < -0.3 is 11.1 Å². The smallest absolute Gasteiger partial charge is 0.256 e. The number of hydrogen-bond donors (Lipinski definition) is 2. The number of fused-ring (bicyclic) bond motifs is 1. The summed E-state index contributed by atoms with van der Waals surface area (Å²) in [6, 6.07) is 8.89. The maximum absolute atomic E-state index is 12.5. The molecule has 21 heavy (non-hydrogen) atoms. The van der Waals surface area contributed by atoms with E-state index in [4.69, 9.17) is 17.3 Å². The molecule has 1 heterocycles. The van der Waals surface area contributed by atoms with Crippen LogP contribution in [0.1, 0.15) is 15.9 Å². The van der Waals surface area contributed by atoms with Gasteiger partial charge in [-0.05, 0) is 36.8 Å². The molecule has 4 nitrogen and oxygen atoms in total. The number of benzene rings is 2. The molecule has 0 bridgehead atoms. The highest BCUT2D eigenvalue weighted by atomic mass is 35.5. The van der Waals surface area contributed by atoms with Gasteiger partial charge in [0, 0.05) is 11.3 Å². The molecule has 3 aromatic rings. The molecule has 0 saturated carbocycles. The average molecular weight is 318 g/mol. The number of hydrogen-bond acceptors (Lipinski definition) is 4. The van der Waals surface area contributed by atoms with Gasteiger partial charge in [0.25, 0.3) is 5.91 Å². The van der Waals surface area contributed by atoms with Gasteiger partial charge >= 0.3 is 0 Å². The van der Waals surface area contributed by atoms with E-state index in [9.17, 15) is 4.79 Å². The summed E-state index contributed by atoms with van der Waals surface area (Å²) in [6.45, 7) is 1.81. The van der Waals surface area contributed by atoms with Gasteiger partial charge in [0.15, 0.2) is 0 Å². The lowest BCUT2D eigenvalue weighted by Crippen LogP contribution is -2.14. The first-order valence-electron chi connectivity index (χ1n) is 6.26. The van der Waals surface area contributed by atoms with Crippen LogP contribution in [0.25, 0.3) is 10.2 Å². The van der Waals surface area contributed by atoms with Gasteiger partial charge in [0.2, 0.25) is 0 Å². The number of carbonyl (C=O) groups is 1. The van der Waals surface area contributed by atoms with E-state index in [1.807, 2.05) is 13.0 Å². The van der Waals surface area contributed by atoms with Gasteiger partial charge in [0.05, 0.1) is 20.9 Å². The maximum atomic E-state index is 12.5. The molecule has 0 aliphatic rings. The zero-order valence-electron chi connectivity index (χ0n) is 11.2. The Balaban J connectivity index is 2.02. The third kappa shape index (κ3) is 2.46. The van der Waals surface area contributed by atoms with Crippen LogP contribution in [0.3, 0.4) is 0 Å². The second-order valence-corrected chi connectivity index (χ2v) is 5.89. The van der Waals surface area contributed by atoms with Gasteiger partial charge in [-0.2, -0.15) is 0 Å². The van der Waals surface area contributed by atoms with E-state index in [-0.39, 0.29) is 5.91 Å². The molecule has 1 aromatic heterocycles. The number of rotatable bonds is 2. The second-order valence-electron chi connectivity index (χ2n) is 4.60. The first kappa shape index (κ1) is 13.9. The number of nitrogens with one attached hydrogen (secondary N) is 1. The third-order valence-electron chi connectivity index (χ3n) is 3.31. The van der Waals surface area contributed by atoms with E-state index in [1.54, 1.807) is 29.8 Å². The van der Waals surface area contributed by atoms with Crippen molar-refractivity contribution in [3.05, 3.63) is 52.0 Å². The molecular weight excluding hydrogens is 306 g/mol. The fraction of sp³-hybridized carbons (Fsp3) is 0.0667. The minimum Gasteiger partial charge on any atom is -0.398 e. The summed E-state index contributed by atoms with van der Waals surface area (Å²) in [5, 5.41) is 3.30. The highest BCUT2D eigenvalue weighted by Gasteiger charge is 2.15. The summed E-state index contributed by atoms with van der Waals surface area (Å²) < 4.78 is 0.971. The average Bonchev–Trinajstić information content (AvgIpc) is 2.93. The van der Waals surface area contributed by atoms with Crippen LogP contribution in [0, 0.1) is 6.92 Å². The quantitative estimate of drug-likeness (QED) is 0.699. The Morgan fingerprint density at radius 1 is 1.33 bits per heavy atom. The molecule has 0 spiro atoms. The molecule has 0 fully saturated rings. The SMILES string of the molecule is Cc1c(N)cccc1C(=O)Nc1c(Cl)ccc2scnc12. The fourth-order valence-corrected chi connectivity index (χ4v) is 2.99. The summed E-state index contributed by atoms with van der Waals surface area (Å²) in [6.07, 6.45) is 0. The van der Waals surface area contributed by atoms with Gasteiger partial charge in [-0.15, -0.1) is 11.3 Å². The van der Waals surface area contributed by atoms with E-state index in [0.29, 0.717) is 27.5 Å². The van der Waals surface area contributed by atoms with E-state index in [0.717, 1.165) is 10.3 Å². The number of nitrogens with zero attached hydrogens (tertiary/aromatic N) is 1. The number of anilines is 2. The molecule has 3 rings (SSSR count). The van der Waals surface area contributed by atoms with Gasteiger partial charge in [-0.25, -0.2) is 4.98 Å². The van der Waals surface area contributed by atoms with Crippen LogP contribution < -0.4 is 11.1 Å². The molecule has 0 saturated heterocycles. The minimum atomic E-state index is -0.248. The molecule has 0 radical (unpaired) electrons. The van der Waals surface area contributed by atoms with Crippen LogP contribution in [-0.4, -0.2) is 10.9 Å². The highest BCUT2D eigenvalue weighted by molar-refractivity contribution is 7.16. The lowest BCUT2D eigenvalue weighted by molar-refractivity contribution is 0.102. The molecule has 6 heteroatoms. The summed E-state index contributed by atoms with van der Waals surface area (Å²) in [5.74, 6) is -0.248. The number of amides is 1. The second kappa shape index (κ2) is 5.35. The lowest BCUT2D eigenvalue weighted by atomic mass is 10.1. The molecule has 1 amide bonds.